The van der Waals surface area contributed by atoms with Crippen LogP contribution in [0, 0.1) is 0 Å². The zero-order valence-corrected chi connectivity index (χ0v) is 16.7. The Morgan fingerprint density at radius 3 is 1.55 bits per heavy atom. The smallest absolute Gasteiger partial charge is 0.346 e. The number of hydrogen-bond donors (Lipinski definition) is 0. The summed E-state index contributed by atoms with van der Waals surface area (Å²) in [5.74, 6) is -12.7. The van der Waals surface area contributed by atoms with E-state index >= 15 is 0 Å². The minimum absolute atomic E-state index is 0.208. The van der Waals surface area contributed by atoms with Crippen LogP contribution in [-0.2, 0) is 21.5 Å². The third-order valence-corrected chi connectivity index (χ3v) is 4.35. The molecular formula is C18H17F13O2. The van der Waals surface area contributed by atoms with E-state index in [0.717, 1.165) is 12.1 Å². The van der Waals surface area contributed by atoms with Gasteiger partial charge < -0.3 is 9.47 Å². The van der Waals surface area contributed by atoms with Crippen molar-refractivity contribution in [3.63, 3.8) is 0 Å². The van der Waals surface area contributed by atoms with Crippen molar-refractivity contribution in [2.45, 2.75) is 69.0 Å². The van der Waals surface area contributed by atoms with E-state index in [1.54, 1.807) is 6.92 Å². The van der Waals surface area contributed by atoms with Crippen LogP contribution in [0.4, 0.5) is 57.1 Å². The molecule has 15 heteroatoms. The van der Waals surface area contributed by atoms with Gasteiger partial charge in [-0.3, -0.25) is 0 Å². The molecule has 1 rings (SSSR count). The van der Waals surface area contributed by atoms with Gasteiger partial charge in [-0.25, -0.2) is 0 Å². The SMILES string of the molecule is CCCc1ccc(C(OC(C)OCC(F)(F)C(F)(F)C(F)(F)F)(C(F)(F)F)C(F)(F)F)cc1. The number of hydrogen-bond acceptors (Lipinski definition) is 2. The monoisotopic (exact) mass is 512 g/mol. The average Bonchev–Trinajstić information content (AvgIpc) is 2.62. The Balaban J connectivity index is 3.32. The topological polar surface area (TPSA) is 18.5 Å². The van der Waals surface area contributed by atoms with Gasteiger partial charge in [0.2, 0.25) is 0 Å². The molecule has 1 unspecified atom stereocenters. The first-order valence-electron chi connectivity index (χ1n) is 8.98. The quantitative estimate of drug-likeness (QED) is 0.258. The fourth-order valence-corrected chi connectivity index (χ4v) is 2.69. The van der Waals surface area contributed by atoms with Gasteiger partial charge in [0.15, 0.2) is 6.29 Å². The molecule has 2 nitrogen and oxygen atoms in total. The van der Waals surface area contributed by atoms with Crippen LogP contribution in [-0.4, -0.2) is 43.3 Å². The largest absolute Gasteiger partial charge is 0.459 e. The average molecular weight is 512 g/mol. The molecule has 1 aromatic rings. The van der Waals surface area contributed by atoms with Crippen molar-refractivity contribution < 1.29 is 66.5 Å². The van der Waals surface area contributed by atoms with Crippen LogP contribution >= 0.6 is 0 Å². The zero-order valence-electron chi connectivity index (χ0n) is 16.7. The molecule has 0 aliphatic rings. The molecule has 192 valence electrons. The van der Waals surface area contributed by atoms with Gasteiger partial charge in [-0.05, 0) is 18.9 Å². The van der Waals surface area contributed by atoms with E-state index in [4.69, 9.17) is 0 Å². The first-order valence-corrected chi connectivity index (χ1v) is 8.98. The lowest BCUT2D eigenvalue weighted by molar-refractivity contribution is -0.421. The third-order valence-electron chi connectivity index (χ3n) is 4.35. The zero-order chi connectivity index (χ0) is 26.1. The fraction of sp³-hybridized carbons (Fsp3) is 0.667. The summed E-state index contributed by atoms with van der Waals surface area (Å²) >= 11 is 0. The summed E-state index contributed by atoms with van der Waals surface area (Å²) in [5, 5.41) is 0. The van der Waals surface area contributed by atoms with Crippen LogP contribution < -0.4 is 0 Å². The molecule has 0 spiro atoms. The number of rotatable bonds is 9. The summed E-state index contributed by atoms with van der Waals surface area (Å²) in [6, 6.07) is 2.70. The lowest BCUT2D eigenvalue weighted by Gasteiger charge is -2.39. The van der Waals surface area contributed by atoms with Crippen molar-refractivity contribution in [1.29, 1.82) is 0 Å². The molecule has 0 bridgehead atoms. The van der Waals surface area contributed by atoms with E-state index in [1.165, 1.54) is 0 Å². The molecule has 0 aromatic heterocycles. The third kappa shape index (κ3) is 5.84. The van der Waals surface area contributed by atoms with E-state index in [1.807, 2.05) is 0 Å². The summed E-state index contributed by atoms with van der Waals surface area (Å²) in [6.07, 6.45) is -21.5. The Morgan fingerprint density at radius 1 is 0.727 bits per heavy atom. The highest BCUT2D eigenvalue weighted by atomic mass is 19.4. The van der Waals surface area contributed by atoms with Crippen molar-refractivity contribution in [2.24, 2.45) is 0 Å². The lowest BCUT2D eigenvalue weighted by atomic mass is 9.90. The van der Waals surface area contributed by atoms with Gasteiger partial charge in [0.25, 0.3) is 5.60 Å². The predicted octanol–water partition coefficient (Wildman–Crippen LogP) is 7.17. The fourth-order valence-electron chi connectivity index (χ4n) is 2.69. The predicted molar refractivity (Wildman–Crippen MR) is 86.7 cm³/mol. The number of ether oxygens (including phenoxy) is 2. The summed E-state index contributed by atoms with van der Waals surface area (Å²) in [6.45, 7) is -0.995. The van der Waals surface area contributed by atoms with Crippen molar-refractivity contribution in [3.05, 3.63) is 35.4 Å². The second kappa shape index (κ2) is 9.47. The summed E-state index contributed by atoms with van der Waals surface area (Å²) in [5.41, 5.74) is -6.34. The van der Waals surface area contributed by atoms with Gasteiger partial charge in [-0.15, -0.1) is 0 Å². The van der Waals surface area contributed by atoms with Gasteiger partial charge in [0.1, 0.15) is 6.61 Å². The highest BCUT2D eigenvalue weighted by Gasteiger charge is 2.75. The molecule has 0 aliphatic heterocycles. The van der Waals surface area contributed by atoms with Crippen molar-refractivity contribution >= 4 is 0 Å². The van der Waals surface area contributed by atoms with Gasteiger partial charge in [0.05, 0.1) is 0 Å². The van der Waals surface area contributed by atoms with Crippen molar-refractivity contribution in [3.8, 4) is 0 Å². The highest BCUT2D eigenvalue weighted by molar-refractivity contribution is 5.31. The van der Waals surface area contributed by atoms with Crippen molar-refractivity contribution in [1.82, 2.24) is 0 Å². The van der Waals surface area contributed by atoms with Crippen LogP contribution in [0.5, 0.6) is 0 Å². The Hall–Kier alpha value is -1.77. The number of aryl methyl sites for hydroxylation is 1. The Labute approximate surface area is 178 Å². The molecule has 33 heavy (non-hydrogen) atoms. The Morgan fingerprint density at radius 2 is 1.18 bits per heavy atom. The molecular weight excluding hydrogens is 495 g/mol. The normalized spacial score (nSPS) is 15.6. The maximum atomic E-state index is 13.7. The van der Waals surface area contributed by atoms with E-state index in [2.05, 4.69) is 9.47 Å². The number of benzene rings is 1. The first kappa shape index (κ1) is 29.3. The van der Waals surface area contributed by atoms with E-state index in [-0.39, 0.29) is 6.92 Å². The van der Waals surface area contributed by atoms with Crippen LogP contribution in [0.2, 0.25) is 0 Å². The first-order chi connectivity index (χ1) is 14.6. The lowest BCUT2D eigenvalue weighted by Crippen LogP contribution is -2.58. The molecule has 0 saturated heterocycles. The van der Waals surface area contributed by atoms with Crippen LogP contribution in [0.25, 0.3) is 0 Å². The maximum Gasteiger partial charge on any atom is 0.459 e. The summed E-state index contributed by atoms with van der Waals surface area (Å²) < 4.78 is 178. The van der Waals surface area contributed by atoms with Crippen LogP contribution in [0.1, 0.15) is 31.4 Å². The summed E-state index contributed by atoms with van der Waals surface area (Å²) in [4.78, 5) is 0. The second-order valence-electron chi connectivity index (χ2n) is 6.90. The van der Waals surface area contributed by atoms with Gasteiger partial charge in [-0.2, -0.15) is 57.1 Å². The molecule has 0 amide bonds. The molecule has 0 N–H and O–H groups in total. The molecule has 0 fully saturated rings. The molecule has 0 saturated carbocycles. The molecule has 1 aromatic carbocycles. The molecule has 0 heterocycles. The highest BCUT2D eigenvalue weighted by Crippen LogP contribution is 2.54. The van der Waals surface area contributed by atoms with Crippen LogP contribution in [0.3, 0.4) is 0 Å². The van der Waals surface area contributed by atoms with Gasteiger partial charge in [-0.1, -0.05) is 37.6 Å². The number of alkyl halides is 13. The maximum absolute atomic E-state index is 13.7. The molecule has 0 radical (unpaired) electrons. The van der Waals surface area contributed by atoms with Crippen LogP contribution in [0.15, 0.2) is 24.3 Å². The molecule has 0 aliphatic carbocycles. The Bertz CT molecular complexity index is 750. The molecule has 1 atom stereocenters. The van der Waals surface area contributed by atoms with Crippen molar-refractivity contribution in [2.75, 3.05) is 6.61 Å². The van der Waals surface area contributed by atoms with E-state index in [9.17, 15) is 57.1 Å². The van der Waals surface area contributed by atoms with Gasteiger partial charge in [0, 0.05) is 5.56 Å². The second-order valence-corrected chi connectivity index (χ2v) is 6.90. The van der Waals surface area contributed by atoms with E-state index < -0.39 is 54.4 Å². The summed E-state index contributed by atoms with van der Waals surface area (Å²) in [7, 11) is 0. The number of halogens is 13. The Kier molecular flexibility index (Phi) is 8.40. The minimum Gasteiger partial charge on any atom is -0.346 e. The standard InChI is InChI=1S/C18H17F13O2/c1-3-4-11-5-7-12(8-6-11)14(16(23,24)25,17(26,27)28)33-10(2)32-9-13(19,20)15(21,22)18(29,30)31/h5-8,10H,3-4,9H2,1-2H3. The van der Waals surface area contributed by atoms with Gasteiger partial charge >= 0.3 is 30.4 Å². The van der Waals surface area contributed by atoms with E-state index in [0.29, 0.717) is 30.5 Å². The minimum atomic E-state index is -6.77.